The number of benzene rings is 3. The van der Waals surface area contributed by atoms with Gasteiger partial charge in [-0.25, -0.2) is 12.7 Å². The summed E-state index contributed by atoms with van der Waals surface area (Å²) in [4.78, 5) is 24.3. The van der Waals surface area contributed by atoms with Crippen molar-refractivity contribution in [2.75, 3.05) is 18.5 Å². The first kappa shape index (κ1) is 27.0. The highest BCUT2D eigenvalue weighted by molar-refractivity contribution is 7.92. The van der Waals surface area contributed by atoms with Gasteiger partial charge in [0.05, 0.1) is 41.9 Å². The Labute approximate surface area is 234 Å². The summed E-state index contributed by atoms with van der Waals surface area (Å²) >= 11 is 6.26. The van der Waals surface area contributed by atoms with Crippen molar-refractivity contribution in [2.45, 2.75) is 11.4 Å². The van der Waals surface area contributed by atoms with Gasteiger partial charge in [0.15, 0.2) is 12.1 Å². The van der Waals surface area contributed by atoms with Crippen LogP contribution >= 0.6 is 11.6 Å². The molecule has 0 saturated carbocycles. The Morgan fingerprint density at radius 1 is 1.00 bits per heavy atom. The van der Waals surface area contributed by atoms with Crippen LogP contribution in [0.3, 0.4) is 0 Å². The number of carbonyl (C=O) groups is 1. The zero-order valence-electron chi connectivity index (χ0n) is 21.3. The molecule has 0 bridgehead atoms. The van der Waals surface area contributed by atoms with E-state index in [1.807, 2.05) is 0 Å². The fourth-order valence-electron chi connectivity index (χ4n) is 4.27. The zero-order valence-corrected chi connectivity index (χ0v) is 22.8. The van der Waals surface area contributed by atoms with Gasteiger partial charge in [-0.15, -0.1) is 0 Å². The quantitative estimate of drug-likeness (QED) is 0.227. The highest BCUT2D eigenvalue weighted by Gasteiger charge is 2.28. The number of sulfonamides is 1. The minimum absolute atomic E-state index is 0.0187. The van der Waals surface area contributed by atoms with Crippen LogP contribution in [0, 0.1) is 0 Å². The minimum Gasteiger partial charge on any atom is -0.497 e. The summed E-state index contributed by atoms with van der Waals surface area (Å²) in [6.45, 7) is -0.0187. The molecule has 0 saturated heterocycles. The highest BCUT2D eigenvalue weighted by atomic mass is 35.5. The summed E-state index contributed by atoms with van der Waals surface area (Å²) in [6, 6.07) is 18.6. The van der Waals surface area contributed by atoms with Gasteiger partial charge in [0.25, 0.3) is 15.6 Å². The molecule has 0 unspecified atom stereocenters. The van der Waals surface area contributed by atoms with Gasteiger partial charge in [0.2, 0.25) is 0 Å². The molecule has 0 fully saturated rings. The minimum atomic E-state index is -4.14. The van der Waals surface area contributed by atoms with Crippen molar-refractivity contribution in [3.8, 4) is 17.2 Å². The van der Waals surface area contributed by atoms with Crippen LogP contribution in [0.25, 0.3) is 16.6 Å². The van der Waals surface area contributed by atoms with E-state index in [-0.39, 0.29) is 33.6 Å². The van der Waals surface area contributed by atoms with E-state index in [1.54, 1.807) is 31.4 Å². The Morgan fingerprint density at radius 3 is 2.42 bits per heavy atom. The van der Waals surface area contributed by atoms with Crippen LogP contribution in [0.5, 0.6) is 11.5 Å². The number of nitrogens with zero attached hydrogens (tertiary/aromatic N) is 3. The van der Waals surface area contributed by atoms with Crippen molar-refractivity contribution in [2.24, 2.45) is 0 Å². The van der Waals surface area contributed by atoms with Crippen LogP contribution in [0.4, 0.5) is 5.82 Å². The van der Waals surface area contributed by atoms with Gasteiger partial charge < -0.3 is 14.0 Å². The molecule has 0 radical (unpaired) electrons. The number of anilines is 1. The topological polar surface area (TPSA) is 121 Å². The average molecular weight is 580 g/mol. The van der Waals surface area contributed by atoms with Crippen LogP contribution in [-0.2, 0) is 16.6 Å². The summed E-state index contributed by atoms with van der Waals surface area (Å²) in [6.07, 6.45) is 1.88. The van der Waals surface area contributed by atoms with E-state index >= 15 is 0 Å². The lowest BCUT2D eigenvalue weighted by Gasteiger charge is -2.22. The summed E-state index contributed by atoms with van der Waals surface area (Å²) in [5.41, 5.74) is 1.20. The monoisotopic (exact) mass is 579 g/mol. The maximum absolute atomic E-state index is 13.9. The third-order valence-corrected chi connectivity index (χ3v) is 8.36. The van der Waals surface area contributed by atoms with Crippen molar-refractivity contribution < 1.29 is 27.2 Å². The molecule has 2 heterocycles. The van der Waals surface area contributed by atoms with Crippen molar-refractivity contribution >= 4 is 44.6 Å². The smallest absolute Gasteiger partial charge is 0.265 e. The van der Waals surface area contributed by atoms with E-state index in [0.717, 1.165) is 4.31 Å². The van der Waals surface area contributed by atoms with Crippen LogP contribution in [-0.4, -0.2) is 38.6 Å². The molecule has 40 heavy (non-hydrogen) atoms. The predicted octanol–water partition coefficient (Wildman–Crippen LogP) is 4.86. The zero-order chi connectivity index (χ0) is 28.4. The fraction of sp³-hybridized carbons (Fsp3) is 0.107. The first-order chi connectivity index (χ1) is 19.3. The molecule has 5 rings (SSSR count). The molecule has 5 aromatic rings. The van der Waals surface area contributed by atoms with Gasteiger partial charge in [-0.05, 0) is 54.1 Å². The molecule has 0 N–H and O–H groups in total. The molecule has 3 aromatic carbocycles. The number of rotatable bonds is 9. The standard InChI is InChI=1S/C28H22ClN3O7S/c1-37-21-6-3-18(4-7-21)16-31(27-11-12-39-30-27)40(35,36)22-8-9-24-19(13-22)5-10-28(34)32(24)25-15-23(29)20(17-33)14-26(25)38-2/h3-15,17H,16H2,1-2H3. The van der Waals surface area contributed by atoms with Crippen LogP contribution in [0.1, 0.15) is 15.9 Å². The van der Waals surface area contributed by atoms with Gasteiger partial charge >= 0.3 is 0 Å². The van der Waals surface area contributed by atoms with Gasteiger partial charge in [-0.2, -0.15) is 0 Å². The van der Waals surface area contributed by atoms with Crippen LogP contribution < -0.4 is 19.3 Å². The summed E-state index contributed by atoms with van der Waals surface area (Å²) in [5.74, 6) is 0.990. The number of aldehydes is 1. The van der Waals surface area contributed by atoms with E-state index in [2.05, 4.69) is 5.16 Å². The largest absolute Gasteiger partial charge is 0.497 e. The Balaban J connectivity index is 1.62. The van der Waals surface area contributed by atoms with Crippen LogP contribution in [0.15, 0.2) is 93.3 Å². The third kappa shape index (κ3) is 4.92. The van der Waals surface area contributed by atoms with Gasteiger partial charge in [0.1, 0.15) is 17.8 Å². The van der Waals surface area contributed by atoms with E-state index in [0.29, 0.717) is 34.2 Å². The van der Waals surface area contributed by atoms with Crippen molar-refractivity contribution in [3.05, 3.63) is 106 Å². The number of aromatic nitrogens is 2. The molecular formula is C28H22ClN3O7S. The van der Waals surface area contributed by atoms with Crippen molar-refractivity contribution in [3.63, 3.8) is 0 Å². The number of pyridine rings is 1. The number of hydrogen-bond acceptors (Lipinski definition) is 8. The Kier molecular flexibility index (Phi) is 7.33. The predicted molar refractivity (Wildman–Crippen MR) is 149 cm³/mol. The third-order valence-electron chi connectivity index (χ3n) is 6.28. The first-order valence-electron chi connectivity index (χ1n) is 11.8. The van der Waals surface area contributed by atoms with E-state index < -0.39 is 15.6 Å². The lowest BCUT2D eigenvalue weighted by Crippen LogP contribution is -2.31. The SMILES string of the molecule is COc1ccc(CN(c2ccon2)S(=O)(=O)c2ccc3c(ccc(=O)n3-c3cc(Cl)c(C=O)cc3OC)c2)cc1. The molecule has 10 nitrogen and oxygen atoms in total. The molecule has 12 heteroatoms. The summed E-state index contributed by atoms with van der Waals surface area (Å²) in [7, 11) is -1.18. The normalized spacial score (nSPS) is 11.4. The second-order valence-electron chi connectivity index (χ2n) is 8.61. The lowest BCUT2D eigenvalue weighted by atomic mass is 10.1. The van der Waals surface area contributed by atoms with Gasteiger partial charge in [-0.1, -0.05) is 28.9 Å². The molecule has 2 aromatic heterocycles. The van der Waals surface area contributed by atoms with Crippen molar-refractivity contribution in [1.82, 2.24) is 9.72 Å². The van der Waals surface area contributed by atoms with Gasteiger partial charge in [-0.3, -0.25) is 14.2 Å². The molecule has 204 valence electrons. The van der Waals surface area contributed by atoms with E-state index in [4.69, 9.17) is 25.6 Å². The average Bonchev–Trinajstić information content (AvgIpc) is 3.50. The number of hydrogen-bond donors (Lipinski definition) is 0. The van der Waals surface area contributed by atoms with Crippen LogP contribution in [0.2, 0.25) is 5.02 Å². The molecule has 0 aliphatic carbocycles. The molecule has 0 spiro atoms. The Bertz CT molecular complexity index is 1870. The molecule has 0 aliphatic rings. The highest BCUT2D eigenvalue weighted by Crippen LogP contribution is 2.32. The second kappa shape index (κ2) is 10.9. The maximum atomic E-state index is 13.9. The summed E-state index contributed by atoms with van der Waals surface area (Å²) < 4.78 is 45.9. The summed E-state index contributed by atoms with van der Waals surface area (Å²) in [5, 5.41) is 4.45. The molecule has 0 amide bonds. The number of fused-ring (bicyclic) bond motifs is 1. The maximum Gasteiger partial charge on any atom is 0.265 e. The second-order valence-corrected chi connectivity index (χ2v) is 10.9. The molecule has 0 aliphatic heterocycles. The molecule has 0 atom stereocenters. The number of methoxy groups -OCH3 is 2. The lowest BCUT2D eigenvalue weighted by molar-refractivity contribution is 0.112. The molecular weight excluding hydrogens is 558 g/mol. The number of carbonyl (C=O) groups excluding carboxylic acids is 1. The fourth-order valence-corrected chi connectivity index (χ4v) is 5.90. The van der Waals surface area contributed by atoms with Crippen molar-refractivity contribution in [1.29, 1.82) is 0 Å². The van der Waals surface area contributed by atoms with E-state index in [9.17, 15) is 18.0 Å². The first-order valence-corrected chi connectivity index (χ1v) is 13.6. The Hall–Kier alpha value is -4.61. The van der Waals surface area contributed by atoms with Gasteiger partial charge in [0, 0.05) is 23.1 Å². The number of halogens is 1. The van der Waals surface area contributed by atoms with E-state index in [1.165, 1.54) is 66.5 Å². The number of ether oxygens (including phenoxy) is 2. The Morgan fingerprint density at radius 2 is 1.77 bits per heavy atom.